The molecule has 0 saturated carbocycles. The monoisotopic (exact) mass is 331 g/mol. The molecule has 1 aromatic heterocycles. The molecule has 2 aromatic rings. The Balaban J connectivity index is 1.86. The van der Waals surface area contributed by atoms with Crippen molar-refractivity contribution in [3.8, 4) is 0 Å². The van der Waals surface area contributed by atoms with Crippen LogP contribution in [0.3, 0.4) is 0 Å². The van der Waals surface area contributed by atoms with Crippen LogP contribution in [0.4, 0.5) is 0 Å². The summed E-state index contributed by atoms with van der Waals surface area (Å²) < 4.78 is 10.8. The minimum absolute atomic E-state index is 0.0879. The molecule has 3 rings (SSSR count). The van der Waals surface area contributed by atoms with Gasteiger partial charge in [0.1, 0.15) is 11.0 Å². The number of carbonyl (C=O) groups is 2. The maximum absolute atomic E-state index is 12.7. The molecule has 0 aliphatic carbocycles. The van der Waals surface area contributed by atoms with E-state index >= 15 is 0 Å². The molecule has 1 fully saturated rings. The lowest BCUT2D eigenvalue weighted by Crippen LogP contribution is -2.40. The number of ether oxygens (including phenoxy) is 1. The molecule has 1 unspecified atom stereocenters. The Bertz CT molecular complexity index is 770. The van der Waals surface area contributed by atoms with Gasteiger partial charge in [0.25, 0.3) is 5.91 Å². The number of furan rings is 1. The average molecular weight is 331 g/mol. The predicted octanol–water partition coefficient (Wildman–Crippen LogP) is 2.61. The second-order valence-electron chi connectivity index (χ2n) is 6.58. The first kappa shape index (κ1) is 16.5. The number of carboxylic acid groups (broad SMARTS) is 1. The number of carbonyl (C=O) groups excluding carboxylic acids is 1. The highest BCUT2D eigenvalue weighted by Crippen LogP contribution is 2.33. The standard InChI is InChI=1S/C18H21NO5/c1-11-6-13-8-15(24-14(13)7-12(11)2)16(20)19-5-4-18(9-19,10-23-3)17(21)22/h6-8H,4-5,9-10H2,1-3H3,(H,21,22). The molecule has 1 saturated heterocycles. The van der Waals surface area contributed by atoms with Crippen LogP contribution in [-0.2, 0) is 9.53 Å². The van der Waals surface area contributed by atoms with E-state index in [-0.39, 0.29) is 24.8 Å². The second kappa shape index (κ2) is 5.94. The highest BCUT2D eigenvalue weighted by Gasteiger charge is 2.47. The van der Waals surface area contributed by atoms with Crippen molar-refractivity contribution in [2.45, 2.75) is 20.3 Å². The number of carboxylic acids is 1. The van der Waals surface area contributed by atoms with Gasteiger partial charge in [-0.1, -0.05) is 0 Å². The number of rotatable bonds is 4. The lowest BCUT2D eigenvalue weighted by Gasteiger charge is -2.23. The first-order valence-electron chi connectivity index (χ1n) is 7.89. The summed E-state index contributed by atoms with van der Waals surface area (Å²) in [5, 5.41) is 10.4. The molecular formula is C18H21NO5. The summed E-state index contributed by atoms with van der Waals surface area (Å²) in [6.07, 6.45) is 0.375. The van der Waals surface area contributed by atoms with Crippen molar-refractivity contribution in [2.75, 3.05) is 26.8 Å². The lowest BCUT2D eigenvalue weighted by atomic mass is 9.88. The number of hydrogen-bond donors (Lipinski definition) is 1. The molecule has 0 bridgehead atoms. The normalized spacial score (nSPS) is 20.7. The zero-order chi connectivity index (χ0) is 17.5. The molecule has 1 aromatic carbocycles. The van der Waals surface area contributed by atoms with E-state index in [1.165, 1.54) is 12.0 Å². The highest BCUT2D eigenvalue weighted by molar-refractivity contribution is 5.97. The number of likely N-dealkylation sites (tertiary alicyclic amines) is 1. The molecule has 0 spiro atoms. The van der Waals surface area contributed by atoms with E-state index in [0.29, 0.717) is 18.5 Å². The van der Waals surface area contributed by atoms with Crippen LogP contribution in [0.2, 0.25) is 0 Å². The van der Waals surface area contributed by atoms with E-state index in [1.54, 1.807) is 6.07 Å². The summed E-state index contributed by atoms with van der Waals surface area (Å²) in [4.78, 5) is 25.8. The molecule has 1 atom stereocenters. The van der Waals surface area contributed by atoms with Gasteiger partial charge >= 0.3 is 5.97 Å². The fourth-order valence-corrected chi connectivity index (χ4v) is 3.24. The van der Waals surface area contributed by atoms with Gasteiger partial charge in [0, 0.05) is 25.6 Å². The Morgan fingerprint density at radius 2 is 2.00 bits per heavy atom. The molecule has 2 heterocycles. The van der Waals surface area contributed by atoms with E-state index in [4.69, 9.17) is 9.15 Å². The highest BCUT2D eigenvalue weighted by atomic mass is 16.5. The summed E-state index contributed by atoms with van der Waals surface area (Å²) in [6, 6.07) is 5.63. The van der Waals surface area contributed by atoms with E-state index in [2.05, 4.69) is 0 Å². The van der Waals surface area contributed by atoms with Crippen molar-refractivity contribution in [2.24, 2.45) is 5.41 Å². The van der Waals surface area contributed by atoms with Gasteiger partial charge in [0.2, 0.25) is 0 Å². The number of amides is 1. The van der Waals surface area contributed by atoms with Gasteiger partial charge in [-0.25, -0.2) is 0 Å². The number of fused-ring (bicyclic) bond motifs is 1. The van der Waals surface area contributed by atoms with Gasteiger partial charge in [-0.2, -0.15) is 0 Å². The largest absolute Gasteiger partial charge is 0.481 e. The predicted molar refractivity (Wildman–Crippen MR) is 88.2 cm³/mol. The first-order valence-corrected chi connectivity index (χ1v) is 7.89. The molecule has 128 valence electrons. The first-order chi connectivity index (χ1) is 11.4. The molecule has 6 heteroatoms. The average Bonchev–Trinajstić information content (AvgIpc) is 3.13. The SMILES string of the molecule is COCC1(C(=O)O)CCN(C(=O)c2cc3cc(C)c(C)cc3o2)C1. The van der Waals surface area contributed by atoms with Crippen LogP contribution in [0, 0.1) is 19.3 Å². The van der Waals surface area contributed by atoms with Crippen LogP contribution in [0.25, 0.3) is 11.0 Å². The maximum atomic E-state index is 12.7. The fraction of sp³-hybridized carbons (Fsp3) is 0.444. The van der Waals surface area contributed by atoms with Crippen molar-refractivity contribution in [1.82, 2.24) is 4.90 Å². The van der Waals surface area contributed by atoms with Gasteiger partial charge < -0.3 is 19.2 Å². The minimum Gasteiger partial charge on any atom is -0.481 e. The van der Waals surface area contributed by atoms with Crippen LogP contribution >= 0.6 is 0 Å². The summed E-state index contributed by atoms with van der Waals surface area (Å²) in [5.74, 6) is -0.968. The molecule has 0 radical (unpaired) electrons. The van der Waals surface area contributed by atoms with Gasteiger partial charge in [0.05, 0.1) is 6.61 Å². The van der Waals surface area contributed by atoms with E-state index < -0.39 is 11.4 Å². The van der Waals surface area contributed by atoms with E-state index in [0.717, 1.165) is 16.5 Å². The summed E-state index contributed by atoms with van der Waals surface area (Å²) in [7, 11) is 1.47. The second-order valence-corrected chi connectivity index (χ2v) is 6.58. The van der Waals surface area contributed by atoms with Gasteiger partial charge in [0.15, 0.2) is 5.76 Å². The Labute approximate surface area is 140 Å². The maximum Gasteiger partial charge on any atom is 0.313 e. The Hall–Kier alpha value is -2.34. The third-order valence-corrected chi connectivity index (χ3v) is 4.86. The number of aliphatic carboxylic acids is 1. The Morgan fingerprint density at radius 3 is 2.67 bits per heavy atom. The number of benzene rings is 1. The van der Waals surface area contributed by atoms with Crippen molar-refractivity contribution >= 4 is 22.8 Å². The third-order valence-electron chi connectivity index (χ3n) is 4.86. The zero-order valence-corrected chi connectivity index (χ0v) is 14.1. The molecule has 1 N–H and O–H groups in total. The van der Waals surface area contributed by atoms with Gasteiger partial charge in [-0.3, -0.25) is 9.59 Å². The van der Waals surface area contributed by atoms with Crippen LogP contribution in [0.5, 0.6) is 0 Å². The van der Waals surface area contributed by atoms with E-state index in [9.17, 15) is 14.7 Å². The Morgan fingerprint density at radius 1 is 1.29 bits per heavy atom. The molecule has 1 amide bonds. The molecule has 1 aliphatic heterocycles. The number of nitrogens with zero attached hydrogens (tertiary/aromatic N) is 1. The van der Waals surface area contributed by atoms with E-state index in [1.807, 2.05) is 26.0 Å². The zero-order valence-electron chi connectivity index (χ0n) is 14.1. The van der Waals surface area contributed by atoms with Crippen molar-refractivity contribution in [3.63, 3.8) is 0 Å². The summed E-state index contributed by atoms with van der Waals surface area (Å²) in [6.45, 7) is 4.60. The molecule has 24 heavy (non-hydrogen) atoms. The van der Waals surface area contributed by atoms with Gasteiger partial charge in [-0.15, -0.1) is 0 Å². The topological polar surface area (TPSA) is 80.0 Å². The lowest BCUT2D eigenvalue weighted by molar-refractivity contribution is -0.151. The van der Waals surface area contributed by atoms with Crippen LogP contribution in [0.15, 0.2) is 22.6 Å². The number of aryl methyl sites for hydroxylation is 2. The van der Waals surface area contributed by atoms with Crippen LogP contribution in [-0.4, -0.2) is 48.7 Å². The minimum atomic E-state index is -1.04. The summed E-state index contributed by atoms with van der Waals surface area (Å²) >= 11 is 0. The molecular weight excluding hydrogens is 310 g/mol. The summed E-state index contributed by atoms with van der Waals surface area (Å²) in [5.41, 5.74) is 1.86. The Kier molecular flexibility index (Phi) is 4.09. The number of methoxy groups -OCH3 is 1. The van der Waals surface area contributed by atoms with Gasteiger partial charge in [-0.05, 0) is 49.6 Å². The quantitative estimate of drug-likeness (QED) is 0.931. The van der Waals surface area contributed by atoms with Crippen molar-refractivity contribution in [3.05, 3.63) is 35.1 Å². The van der Waals surface area contributed by atoms with Crippen molar-refractivity contribution < 1.29 is 23.8 Å². The van der Waals surface area contributed by atoms with Crippen molar-refractivity contribution in [1.29, 1.82) is 0 Å². The van der Waals surface area contributed by atoms with Crippen LogP contribution < -0.4 is 0 Å². The molecule has 1 aliphatic rings. The third kappa shape index (κ3) is 2.67. The molecule has 6 nitrogen and oxygen atoms in total. The number of hydrogen-bond acceptors (Lipinski definition) is 4. The smallest absolute Gasteiger partial charge is 0.313 e. The fourth-order valence-electron chi connectivity index (χ4n) is 3.24. The van der Waals surface area contributed by atoms with Crippen LogP contribution in [0.1, 0.15) is 28.1 Å².